The van der Waals surface area contributed by atoms with Crippen molar-refractivity contribution >= 4 is 0 Å². The van der Waals surface area contributed by atoms with Gasteiger partial charge in [-0.15, -0.1) is 0 Å². The molecule has 2 heterocycles. The highest BCUT2D eigenvalue weighted by molar-refractivity contribution is 5.06. The monoisotopic (exact) mass is 327 g/mol. The van der Waals surface area contributed by atoms with Gasteiger partial charge in [-0.25, -0.2) is 8.78 Å². The van der Waals surface area contributed by atoms with E-state index in [2.05, 4.69) is 16.8 Å². The second kappa shape index (κ2) is 5.92. The molecule has 2 unspecified atom stereocenters. The molecule has 3 nitrogen and oxygen atoms in total. The quantitative estimate of drug-likeness (QED) is 0.862. The Morgan fingerprint density at radius 1 is 1.09 bits per heavy atom. The number of rotatable bonds is 4. The molecule has 2 saturated carbocycles. The van der Waals surface area contributed by atoms with Crippen LogP contribution >= 0.6 is 0 Å². The van der Waals surface area contributed by atoms with E-state index in [0.717, 1.165) is 25.2 Å². The van der Waals surface area contributed by atoms with Crippen molar-refractivity contribution in [1.82, 2.24) is 9.80 Å². The van der Waals surface area contributed by atoms with E-state index in [4.69, 9.17) is 5.73 Å². The standard InChI is InChI=1S/C18H31F2N3/c1-22(11-12-4-5-12)15-9-13-6-7-14(10-15)23(13)16-3-2-8-18(19,20)17(16)21/h12-17H,2-11,21H2,1H3/t13?,14?,15?,16-,17+/m0/s1. The molecule has 4 atom stereocenters. The summed E-state index contributed by atoms with van der Waals surface area (Å²) in [6.45, 7) is 1.23. The maximum atomic E-state index is 14.1. The summed E-state index contributed by atoms with van der Waals surface area (Å²) in [7, 11) is 2.26. The zero-order valence-corrected chi connectivity index (χ0v) is 14.3. The van der Waals surface area contributed by atoms with Crippen LogP contribution in [-0.4, -0.2) is 59.5 Å². The number of piperidine rings is 1. The van der Waals surface area contributed by atoms with Crippen LogP contribution < -0.4 is 5.73 Å². The van der Waals surface area contributed by atoms with Gasteiger partial charge in [-0.3, -0.25) is 4.90 Å². The molecule has 4 rings (SSSR count). The van der Waals surface area contributed by atoms with Crippen LogP contribution in [0.3, 0.4) is 0 Å². The average molecular weight is 327 g/mol. The van der Waals surface area contributed by atoms with Crippen LogP contribution in [0, 0.1) is 5.92 Å². The summed E-state index contributed by atoms with van der Waals surface area (Å²) < 4.78 is 28.1. The van der Waals surface area contributed by atoms with E-state index >= 15 is 0 Å². The zero-order valence-electron chi connectivity index (χ0n) is 14.3. The molecule has 0 radical (unpaired) electrons. The van der Waals surface area contributed by atoms with Gasteiger partial charge in [0.15, 0.2) is 0 Å². The molecule has 0 spiro atoms. The number of alkyl halides is 2. The maximum absolute atomic E-state index is 14.1. The van der Waals surface area contributed by atoms with E-state index in [1.807, 2.05) is 0 Å². The lowest BCUT2D eigenvalue weighted by atomic mass is 9.83. The maximum Gasteiger partial charge on any atom is 0.264 e. The third kappa shape index (κ3) is 3.05. The molecule has 23 heavy (non-hydrogen) atoms. The second-order valence-corrected chi connectivity index (χ2v) is 8.59. The molecule has 2 N–H and O–H groups in total. The van der Waals surface area contributed by atoms with E-state index in [-0.39, 0.29) is 12.5 Å². The number of nitrogens with two attached hydrogens (primary N) is 1. The Morgan fingerprint density at radius 2 is 1.74 bits per heavy atom. The topological polar surface area (TPSA) is 32.5 Å². The van der Waals surface area contributed by atoms with Crippen LogP contribution in [0.1, 0.15) is 57.8 Å². The highest BCUT2D eigenvalue weighted by Gasteiger charge is 2.52. The van der Waals surface area contributed by atoms with Gasteiger partial charge in [0.25, 0.3) is 5.92 Å². The molecule has 0 amide bonds. The van der Waals surface area contributed by atoms with Crippen LogP contribution in [0.2, 0.25) is 0 Å². The minimum atomic E-state index is -2.68. The van der Waals surface area contributed by atoms with Gasteiger partial charge in [-0.1, -0.05) is 0 Å². The third-order valence-electron chi connectivity index (χ3n) is 6.93. The molecular weight excluding hydrogens is 296 g/mol. The molecule has 0 aromatic carbocycles. The molecule has 4 fully saturated rings. The molecule has 2 bridgehead atoms. The van der Waals surface area contributed by atoms with E-state index < -0.39 is 12.0 Å². The van der Waals surface area contributed by atoms with Crippen molar-refractivity contribution in [2.75, 3.05) is 13.6 Å². The summed E-state index contributed by atoms with van der Waals surface area (Å²) in [5, 5.41) is 0. The highest BCUT2D eigenvalue weighted by Crippen LogP contribution is 2.44. The van der Waals surface area contributed by atoms with Crippen LogP contribution in [0.15, 0.2) is 0 Å². The largest absolute Gasteiger partial charge is 0.321 e. The summed E-state index contributed by atoms with van der Waals surface area (Å²) in [5.74, 6) is -1.76. The number of nitrogens with zero attached hydrogens (tertiary/aromatic N) is 2. The summed E-state index contributed by atoms with van der Waals surface area (Å²) in [6.07, 6.45) is 8.87. The zero-order chi connectivity index (χ0) is 16.2. The predicted molar refractivity (Wildman–Crippen MR) is 87.6 cm³/mol. The normalized spacial score (nSPS) is 44.0. The van der Waals surface area contributed by atoms with Gasteiger partial charge in [-0.2, -0.15) is 0 Å². The first-order valence-electron chi connectivity index (χ1n) is 9.57. The number of halogens is 2. The fourth-order valence-electron chi connectivity index (χ4n) is 5.45. The summed E-state index contributed by atoms with van der Waals surface area (Å²) in [4.78, 5) is 4.98. The van der Waals surface area contributed by atoms with Crippen molar-refractivity contribution < 1.29 is 8.78 Å². The number of hydrogen-bond donors (Lipinski definition) is 1. The molecule has 4 aliphatic rings. The Kier molecular flexibility index (Phi) is 4.18. The van der Waals surface area contributed by atoms with Gasteiger partial charge in [0.2, 0.25) is 0 Å². The molecule has 0 aromatic heterocycles. The smallest absolute Gasteiger partial charge is 0.264 e. The third-order valence-corrected chi connectivity index (χ3v) is 6.93. The highest BCUT2D eigenvalue weighted by atomic mass is 19.3. The molecule has 2 aliphatic heterocycles. The van der Waals surface area contributed by atoms with E-state index in [1.165, 1.54) is 32.2 Å². The minimum Gasteiger partial charge on any atom is -0.321 e. The Hall–Kier alpha value is -0.260. The summed E-state index contributed by atoms with van der Waals surface area (Å²) in [6, 6.07) is 0.520. The van der Waals surface area contributed by atoms with Gasteiger partial charge in [0, 0.05) is 37.1 Å². The molecular formula is C18H31F2N3. The SMILES string of the molecule is CN(CC1CC1)C1CC2CCC(C1)N2[C@H]1CCCC(F)(F)[C@@H]1N. The molecule has 132 valence electrons. The van der Waals surface area contributed by atoms with Crippen molar-refractivity contribution in [1.29, 1.82) is 0 Å². The van der Waals surface area contributed by atoms with Crippen molar-refractivity contribution in [3.63, 3.8) is 0 Å². The fourth-order valence-corrected chi connectivity index (χ4v) is 5.45. The first-order valence-corrected chi connectivity index (χ1v) is 9.57. The van der Waals surface area contributed by atoms with Gasteiger partial charge in [0.1, 0.15) is 0 Å². The average Bonchev–Trinajstić information content (AvgIpc) is 3.27. The molecule has 0 aromatic rings. The van der Waals surface area contributed by atoms with Gasteiger partial charge >= 0.3 is 0 Å². The lowest BCUT2D eigenvalue weighted by Gasteiger charge is -2.50. The Labute approximate surface area is 138 Å². The van der Waals surface area contributed by atoms with E-state index in [0.29, 0.717) is 24.5 Å². The van der Waals surface area contributed by atoms with Gasteiger partial charge < -0.3 is 10.6 Å². The Bertz CT molecular complexity index is 426. The summed E-state index contributed by atoms with van der Waals surface area (Å²) in [5.41, 5.74) is 6.01. The second-order valence-electron chi connectivity index (χ2n) is 8.59. The van der Waals surface area contributed by atoms with Crippen molar-refractivity contribution in [2.45, 2.75) is 93.9 Å². The van der Waals surface area contributed by atoms with E-state index in [1.54, 1.807) is 0 Å². The Morgan fingerprint density at radius 3 is 2.35 bits per heavy atom. The van der Waals surface area contributed by atoms with Crippen molar-refractivity contribution in [3.8, 4) is 0 Å². The first kappa shape index (κ1) is 16.2. The van der Waals surface area contributed by atoms with Crippen molar-refractivity contribution in [3.05, 3.63) is 0 Å². The first-order chi connectivity index (χ1) is 11.0. The lowest BCUT2D eigenvalue weighted by molar-refractivity contribution is -0.0978. The van der Waals surface area contributed by atoms with E-state index in [9.17, 15) is 8.78 Å². The summed E-state index contributed by atoms with van der Waals surface area (Å²) >= 11 is 0. The Balaban J connectivity index is 1.43. The van der Waals surface area contributed by atoms with Crippen molar-refractivity contribution in [2.24, 2.45) is 11.7 Å². The number of fused-ring (bicyclic) bond motifs is 2. The van der Waals surface area contributed by atoms with Gasteiger partial charge in [-0.05, 0) is 64.3 Å². The molecule has 2 aliphatic carbocycles. The van der Waals surface area contributed by atoms with Crippen LogP contribution in [0.4, 0.5) is 8.78 Å². The predicted octanol–water partition coefficient (Wildman–Crippen LogP) is 2.84. The van der Waals surface area contributed by atoms with Crippen LogP contribution in [0.25, 0.3) is 0 Å². The fraction of sp³-hybridized carbons (Fsp3) is 1.00. The van der Waals surface area contributed by atoms with Crippen LogP contribution in [-0.2, 0) is 0 Å². The lowest BCUT2D eigenvalue weighted by Crippen LogP contribution is -2.63. The molecule has 5 heteroatoms. The minimum absolute atomic E-state index is 0.0272. The van der Waals surface area contributed by atoms with Gasteiger partial charge in [0.05, 0.1) is 6.04 Å². The van der Waals surface area contributed by atoms with Crippen LogP contribution in [0.5, 0.6) is 0 Å². The number of hydrogen-bond acceptors (Lipinski definition) is 3. The molecule has 2 saturated heterocycles.